The zero-order valence-electron chi connectivity index (χ0n) is 14.1. The summed E-state index contributed by atoms with van der Waals surface area (Å²) in [7, 11) is 1.43. The monoisotopic (exact) mass is 368 g/mol. The zero-order valence-corrected chi connectivity index (χ0v) is 14.9. The minimum Gasteiger partial charge on any atom is -0.375 e. The average molecular weight is 369 g/mol. The molecule has 0 aromatic heterocycles. The van der Waals surface area contributed by atoms with E-state index in [0.717, 1.165) is 0 Å². The molecule has 25 heavy (non-hydrogen) atoms. The van der Waals surface area contributed by atoms with Crippen LogP contribution in [0.5, 0.6) is 0 Å². The van der Waals surface area contributed by atoms with Crippen LogP contribution in [0.25, 0.3) is 0 Å². The van der Waals surface area contributed by atoms with E-state index >= 15 is 0 Å². The summed E-state index contributed by atoms with van der Waals surface area (Å²) in [5, 5.41) is 8.53. The van der Waals surface area contributed by atoms with Crippen molar-refractivity contribution in [2.75, 3.05) is 37.4 Å². The summed E-state index contributed by atoms with van der Waals surface area (Å²) in [6.07, 6.45) is 0.702. The molecule has 1 aliphatic rings. The fourth-order valence-electron chi connectivity index (χ4n) is 2.57. The third-order valence-electron chi connectivity index (χ3n) is 3.65. The Morgan fingerprint density at radius 1 is 1.32 bits per heavy atom. The first-order valence-corrected chi connectivity index (χ1v) is 8.18. The topological polar surface area (TPSA) is 99.8 Å². The molecule has 4 amide bonds. The van der Waals surface area contributed by atoms with Gasteiger partial charge in [0.1, 0.15) is 6.61 Å². The number of methoxy groups -OCH3 is 1. The van der Waals surface area contributed by atoms with Gasteiger partial charge < -0.3 is 25.6 Å². The maximum Gasteiger partial charge on any atom is 0.321 e. The van der Waals surface area contributed by atoms with E-state index in [1.165, 1.54) is 14.0 Å². The van der Waals surface area contributed by atoms with Gasteiger partial charge in [-0.15, -0.1) is 0 Å². The number of nitrogens with one attached hydrogen (secondary N) is 3. The number of amides is 4. The van der Waals surface area contributed by atoms with Gasteiger partial charge in [0.15, 0.2) is 0 Å². The second-order valence-corrected chi connectivity index (χ2v) is 6.15. The van der Waals surface area contributed by atoms with E-state index in [2.05, 4.69) is 16.0 Å². The predicted molar refractivity (Wildman–Crippen MR) is 94.8 cm³/mol. The van der Waals surface area contributed by atoms with E-state index in [9.17, 15) is 14.4 Å². The van der Waals surface area contributed by atoms with Crippen molar-refractivity contribution in [1.29, 1.82) is 0 Å². The SMILES string of the molecule is COCC(=O)Nc1ccc(Cl)c(NC(=O)N2CC[C@H](NC(C)=O)C2)c1. The number of urea groups is 1. The van der Waals surface area contributed by atoms with Gasteiger partial charge in [-0.25, -0.2) is 4.79 Å². The highest BCUT2D eigenvalue weighted by Crippen LogP contribution is 2.26. The van der Waals surface area contributed by atoms with E-state index in [-0.39, 0.29) is 30.5 Å². The van der Waals surface area contributed by atoms with Gasteiger partial charge in [-0.3, -0.25) is 9.59 Å². The molecule has 1 aromatic rings. The van der Waals surface area contributed by atoms with Crippen LogP contribution in [0.1, 0.15) is 13.3 Å². The maximum atomic E-state index is 12.4. The number of carbonyl (C=O) groups excluding carboxylic acids is 3. The Hall–Kier alpha value is -2.32. The molecule has 1 heterocycles. The standard InChI is InChI=1S/C16H21ClN4O4/c1-10(22)18-12-5-6-21(8-12)16(24)20-14-7-11(3-4-13(14)17)19-15(23)9-25-2/h3-4,7,12H,5-6,8-9H2,1-2H3,(H,18,22)(H,19,23)(H,20,24)/t12-/m0/s1. The van der Waals surface area contributed by atoms with Crippen LogP contribution in [-0.2, 0) is 14.3 Å². The van der Waals surface area contributed by atoms with Crippen LogP contribution >= 0.6 is 11.6 Å². The average Bonchev–Trinajstić information content (AvgIpc) is 2.98. The molecule has 1 fully saturated rings. The summed E-state index contributed by atoms with van der Waals surface area (Å²) in [6, 6.07) is 4.45. The lowest BCUT2D eigenvalue weighted by Crippen LogP contribution is -2.38. The lowest BCUT2D eigenvalue weighted by Gasteiger charge is -2.18. The Bertz CT molecular complexity index is 668. The first-order chi connectivity index (χ1) is 11.9. The summed E-state index contributed by atoms with van der Waals surface area (Å²) in [5.41, 5.74) is 0.893. The van der Waals surface area contributed by atoms with E-state index in [1.807, 2.05) is 0 Å². The van der Waals surface area contributed by atoms with Gasteiger partial charge in [0.2, 0.25) is 11.8 Å². The number of carbonyl (C=O) groups is 3. The quantitative estimate of drug-likeness (QED) is 0.736. The molecule has 1 aromatic carbocycles. The number of nitrogens with zero attached hydrogens (tertiary/aromatic N) is 1. The van der Waals surface area contributed by atoms with Crippen molar-refractivity contribution in [3.63, 3.8) is 0 Å². The Morgan fingerprint density at radius 3 is 2.76 bits per heavy atom. The molecular formula is C16H21ClN4O4. The molecule has 0 unspecified atom stereocenters. The van der Waals surface area contributed by atoms with Crippen LogP contribution in [0.4, 0.5) is 16.2 Å². The van der Waals surface area contributed by atoms with E-state index in [0.29, 0.717) is 35.9 Å². The van der Waals surface area contributed by atoms with Crippen LogP contribution < -0.4 is 16.0 Å². The predicted octanol–water partition coefficient (Wildman–Crippen LogP) is 1.67. The summed E-state index contributed by atoms with van der Waals surface area (Å²) < 4.78 is 4.75. The number of rotatable bonds is 5. The highest BCUT2D eigenvalue weighted by atomic mass is 35.5. The van der Waals surface area contributed by atoms with Crippen molar-refractivity contribution < 1.29 is 19.1 Å². The fourth-order valence-corrected chi connectivity index (χ4v) is 2.74. The summed E-state index contributed by atoms with van der Waals surface area (Å²) >= 11 is 6.11. The first kappa shape index (κ1) is 19.0. The van der Waals surface area contributed by atoms with Gasteiger partial charge in [-0.2, -0.15) is 0 Å². The van der Waals surface area contributed by atoms with E-state index in [1.54, 1.807) is 23.1 Å². The zero-order chi connectivity index (χ0) is 18.4. The maximum absolute atomic E-state index is 12.4. The second-order valence-electron chi connectivity index (χ2n) is 5.74. The molecule has 3 N–H and O–H groups in total. The van der Waals surface area contributed by atoms with E-state index < -0.39 is 0 Å². The van der Waals surface area contributed by atoms with Gasteiger partial charge in [-0.05, 0) is 24.6 Å². The van der Waals surface area contributed by atoms with Gasteiger partial charge in [0, 0.05) is 38.9 Å². The molecule has 136 valence electrons. The Morgan fingerprint density at radius 2 is 2.08 bits per heavy atom. The Kier molecular flexibility index (Phi) is 6.60. The number of halogens is 1. The van der Waals surface area contributed by atoms with Gasteiger partial charge in [0.25, 0.3) is 0 Å². The molecular weight excluding hydrogens is 348 g/mol. The smallest absolute Gasteiger partial charge is 0.321 e. The molecule has 1 atom stereocenters. The molecule has 0 aliphatic carbocycles. The summed E-state index contributed by atoms with van der Waals surface area (Å²) in [4.78, 5) is 36.6. The molecule has 0 radical (unpaired) electrons. The molecule has 0 bridgehead atoms. The molecule has 1 aliphatic heterocycles. The van der Waals surface area contributed by atoms with Crippen LogP contribution in [0.15, 0.2) is 18.2 Å². The first-order valence-electron chi connectivity index (χ1n) is 7.80. The normalized spacial score (nSPS) is 16.4. The molecule has 0 spiro atoms. The van der Waals surface area contributed by atoms with Crippen molar-refractivity contribution in [3.05, 3.63) is 23.2 Å². The lowest BCUT2D eigenvalue weighted by molar-refractivity contribution is -0.120. The minimum absolute atomic E-state index is 0.0432. The molecule has 8 nitrogen and oxygen atoms in total. The number of likely N-dealkylation sites (tertiary alicyclic amines) is 1. The molecule has 9 heteroatoms. The largest absolute Gasteiger partial charge is 0.375 e. The fraction of sp³-hybridized carbons (Fsp3) is 0.438. The molecule has 1 saturated heterocycles. The van der Waals surface area contributed by atoms with Crippen LogP contribution in [0.3, 0.4) is 0 Å². The number of hydrogen-bond acceptors (Lipinski definition) is 4. The summed E-state index contributed by atoms with van der Waals surface area (Å²) in [6.45, 7) is 2.36. The van der Waals surface area contributed by atoms with Crippen molar-refractivity contribution in [1.82, 2.24) is 10.2 Å². The van der Waals surface area contributed by atoms with Crippen molar-refractivity contribution in [2.24, 2.45) is 0 Å². The number of benzene rings is 1. The van der Waals surface area contributed by atoms with Crippen LogP contribution in [0, 0.1) is 0 Å². The van der Waals surface area contributed by atoms with E-state index in [4.69, 9.17) is 16.3 Å². The van der Waals surface area contributed by atoms with Gasteiger partial charge in [-0.1, -0.05) is 11.6 Å². The van der Waals surface area contributed by atoms with Gasteiger partial charge in [0.05, 0.1) is 10.7 Å². The Labute approximate surface area is 150 Å². The highest BCUT2D eigenvalue weighted by molar-refractivity contribution is 6.33. The van der Waals surface area contributed by atoms with Crippen LogP contribution in [0.2, 0.25) is 5.02 Å². The number of ether oxygens (including phenoxy) is 1. The highest BCUT2D eigenvalue weighted by Gasteiger charge is 2.27. The third-order valence-corrected chi connectivity index (χ3v) is 3.98. The molecule has 0 saturated carbocycles. The lowest BCUT2D eigenvalue weighted by atomic mass is 10.2. The molecule has 2 rings (SSSR count). The van der Waals surface area contributed by atoms with Crippen molar-refractivity contribution in [3.8, 4) is 0 Å². The van der Waals surface area contributed by atoms with Crippen molar-refractivity contribution in [2.45, 2.75) is 19.4 Å². The minimum atomic E-state index is -0.310. The van der Waals surface area contributed by atoms with Crippen molar-refractivity contribution >= 4 is 40.8 Å². The van der Waals surface area contributed by atoms with Crippen LogP contribution in [-0.4, -0.2) is 55.6 Å². The number of hydrogen-bond donors (Lipinski definition) is 3. The second kappa shape index (κ2) is 8.68. The number of anilines is 2. The summed E-state index contributed by atoms with van der Waals surface area (Å²) in [5.74, 6) is -0.422. The van der Waals surface area contributed by atoms with Gasteiger partial charge >= 0.3 is 6.03 Å². The third kappa shape index (κ3) is 5.61. The Balaban J connectivity index is 1.98.